The van der Waals surface area contributed by atoms with Gasteiger partial charge in [0, 0.05) is 24.7 Å². The number of allylic oxidation sites excluding steroid dienone is 3. The number of ether oxygens (including phenoxy) is 1. The van der Waals surface area contributed by atoms with Gasteiger partial charge in [-0.25, -0.2) is 0 Å². The average molecular weight is 465 g/mol. The molecule has 1 N–H and O–H groups in total. The molecule has 0 radical (unpaired) electrons. The van der Waals surface area contributed by atoms with Crippen molar-refractivity contribution in [1.29, 1.82) is 0 Å². The van der Waals surface area contributed by atoms with Crippen molar-refractivity contribution >= 4 is 5.71 Å². The molecule has 0 bridgehead atoms. The standard InChI is InChI=1S/C31H48N2O/c1-7-21-16-30(5)22(13-27(21)32-6)8-9-24-23-10-11-31(15-19(3)25(23)14-26(24)30)20(4)29-28(34-31)12-18(2)17-33-29/h7,18,20,22-24,26,28-29,33H,8-17H2,1-6H3/b21-7-,32-27?/t18-,20+,22+,23-,24-,26-,28+,29-,30-,31-/m0/s1. The predicted octanol–water partition coefficient (Wildman–Crippen LogP) is 6.74. The summed E-state index contributed by atoms with van der Waals surface area (Å²) in [7, 11) is 2.00. The quantitative estimate of drug-likeness (QED) is 0.403. The summed E-state index contributed by atoms with van der Waals surface area (Å²) < 4.78 is 7.07. The molecular weight excluding hydrogens is 416 g/mol. The molecule has 2 heterocycles. The van der Waals surface area contributed by atoms with Gasteiger partial charge in [0.05, 0.1) is 11.7 Å². The van der Waals surface area contributed by atoms with Gasteiger partial charge in [0.15, 0.2) is 0 Å². The minimum absolute atomic E-state index is 0.0693. The molecule has 2 saturated heterocycles. The maximum Gasteiger partial charge on any atom is 0.0765 e. The van der Waals surface area contributed by atoms with Crippen molar-refractivity contribution in [3.8, 4) is 0 Å². The van der Waals surface area contributed by atoms with Crippen LogP contribution in [0.5, 0.6) is 0 Å². The van der Waals surface area contributed by atoms with Gasteiger partial charge in [-0.3, -0.25) is 4.99 Å². The summed E-state index contributed by atoms with van der Waals surface area (Å²) in [6.45, 7) is 13.4. The van der Waals surface area contributed by atoms with Gasteiger partial charge in [0.1, 0.15) is 0 Å². The molecule has 3 saturated carbocycles. The second-order valence-corrected chi connectivity index (χ2v) is 13.5. The highest BCUT2D eigenvalue weighted by Crippen LogP contribution is 2.65. The van der Waals surface area contributed by atoms with E-state index in [9.17, 15) is 0 Å². The van der Waals surface area contributed by atoms with Crippen LogP contribution in [0.15, 0.2) is 27.8 Å². The lowest BCUT2D eigenvalue weighted by Crippen LogP contribution is -2.48. The Morgan fingerprint density at radius 1 is 1.12 bits per heavy atom. The number of hydrogen-bond donors (Lipinski definition) is 1. The van der Waals surface area contributed by atoms with Gasteiger partial charge in [-0.05, 0) is 119 Å². The Morgan fingerprint density at radius 2 is 1.94 bits per heavy atom. The molecule has 6 rings (SSSR count). The number of fused-ring (bicyclic) bond motifs is 6. The zero-order valence-electron chi connectivity index (χ0n) is 22.6. The zero-order chi connectivity index (χ0) is 23.8. The molecular formula is C31H48N2O. The van der Waals surface area contributed by atoms with E-state index in [0.29, 0.717) is 23.5 Å². The fraction of sp³-hybridized carbons (Fsp3) is 0.839. The van der Waals surface area contributed by atoms with E-state index in [1.807, 2.05) is 12.6 Å². The number of rotatable bonds is 0. The number of nitrogens with zero attached hydrogens (tertiary/aromatic N) is 1. The van der Waals surface area contributed by atoms with Crippen LogP contribution in [0.25, 0.3) is 0 Å². The molecule has 0 unspecified atom stereocenters. The Morgan fingerprint density at radius 3 is 2.71 bits per heavy atom. The molecule has 2 aliphatic heterocycles. The highest BCUT2D eigenvalue weighted by Gasteiger charge is 2.59. The van der Waals surface area contributed by atoms with E-state index in [4.69, 9.17) is 9.73 Å². The van der Waals surface area contributed by atoms with Gasteiger partial charge in [0.25, 0.3) is 0 Å². The van der Waals surface area contributed by atoms with Crippen LogP contribution in [-0.2, 0) is 4.74 Å². The number of piperidine rings is 1. The van der Waals surface area contributed by atoms with Crippen LogP contribution < -0.4 is 5.32 Å². The van der Waals surface area contributed by atoms with Crippen LogP contribution in [0.1, 0.15) is 92.4 Å². The second kappa shape index (κ2) is 8.30. The Balaban J connectivity index is 1.28. The highest BCUT2D eigenvalue weighted by atomic mass is 16.5. The molecule has 3 heteroatoms. The SMILES string of the molecule is C/C=C1/C[C@@]2(C)[C@H](CC[C@H]3[C@@H]4CC[C@@]5(CC(C)=C4C[C@@H]32)O[C@@H]2C[C@H](C)CN[C@H]2[C@H]5C)CC1=NC. The fourth-order valence-electron chi connectivity index (χ4n) is 10.1. The lowest BCUT2D eigenvalue weighted by Gasteiger charge is -2.53. The van der Waals surface area contributed by atoms with E-state index < -0.39 is 0 Å². The first kappa shape index (κ1) is 23.5. The van der Waals surface area contributed by atoms with E-state index in [-0.39, 0.29) is 5.60 Å². The van der Waals surface area contributed by atoms with E-state index in [1.165, 1.54) is 69.1 Å². The summed E-state index contributed by atoms with van der Waals surface area (Å²) >= 11 is 0. The summed E-state index contributed by atoms with van der Waals surface area (Å²) in [4.78, 5) is 4.71. The third-order valence-electron chi connectivity index (χ3n) is 12.0. The number of hydrogen-bond acceptors (Lipinski definition) is 3. The summed E-state index contributed by atoms with van der Waals surface area (Å²) in [6, 6.07) is 0.560. The lowest BCUT2D eigenvalue weighted by molar-refractivity contribution is -0.0732. The lowest BCUT2D eigenvalue weighted by atomic mass is 9.51. The molecule has 4 aliphatic carbocycles. The number of nitrogens with one attached hydrogen (secondary N) is 1. The van der Waals surface area contributed by atoms with Crippen LogP contribution in [0.4, 0.5) is 0 Å². The molecule has 5 fully saturated rings. The van der Waals surface area contributed by atoms with Crippen molar-refractivity contribution in [1.82, 2.24) is 5.32 Å². The average Bonchev–Trinajstić information content (AvgIpc) is 3.28. The Bertz CT molecular complexity index is 932. The van der Waals surface area contributed by atoms with Crippen LogP contribution in [0.2, 0.25) is 0 Å². The highest BCUT2D eigenvalue weighted by molar-refractivity contribution is 6.01. The van der Waals surface area contributed by atoms with Crippen LogP contribution in [-0.4, -0.2) is 37.1 Å². The second-order valence-electron chi connectivity index (χ2n) is 13.5. The van der Waals surface area contributed by atoms with Crippen molar-refractivity contribution in [2.45, 2.75) is 110 Å². The Kier molecular flexibility index (Phi) is 5.73. The first-order valence-electron chi connectivity index (χ1n) is 14.5. The molecule has 34 heavy (non-hydrogen) atoms. The van der Waals surface area contributed by atoms with Crippen molar-refractivity contribution in [3.05, 3.63) is 22.8 Å². The summed E-state index contributed by atoms with van der Waals surface area (Å²) in [6.07, 6.45) is 14.5. The topological polar surface area (TPSA) is 33.6 Å². The molecule has 10 atom stereocenters. The van der Waals surface area contributed by atoms with Gasteiger partial charge in [-0.2, -0.15) is 0 Å². The number of aliphatic imine (C=N–C) groups is 1. The minimum Gasteiger partial charge on any atom is -0.369 e. The minimum atomic E-state index is 0.0693. The molecule has 0 aromatic carbocycles. The largest absolute Gasteiger partial charge is 0.369 e. The maximum absolute atomic E-state index is 7.07. The molecule has 6 aliphatic rings. The first-order chi connectivity index (χ1) is 16.3. The molecule has 188 valence electrons. The van der Waals surface area contributed by atoms with Gasteiger partial charge in [-0.1, -0.05) is 38.0 Å². The predicted molar refractivity (Wildman–Crippen MR) is 141 cm³/mol. The summed E-state index contributed by atoms with van der Waals surface area (Å²) in [5.41, 5.74) is 7.01. The van der Waals surface area contributed by atoms with E-state index in [2.05, 4.69) is 46.0 Å². The zero-order valence-corrected chi connectivity index (χ0v) is 22.6. The van der Waals surface area contributed by atoms with Gasteiger partial charge < -0.3 is 10.1 Å². The van der Waals surface area contributed by atoms with E-state index in [0.717, 1.165) is 36.1 Å². The molecule has 1 spiro atoms. The van der Waals surface area contributed by atoms with Crippen molar-refractivity contribution < 1.29 is 4.74 Å². The maximum atomic E-state index is 7.07. The van der Waals surface area contributed by atoms with Crippen LogP contribution >= 0.6 is 0 Å². The van der Waals surface area contributed by atoms with Gasteiger partial charge in [0.2, 0.25) is 0 Å². The third kappa shape index (κ3) is 3.31. The van der Waals surface area contributed by atoms with Crippen LogP contribution in [0, 0.1) is 40.9 Å². The summed E-state index contributed by atoms with van der Waals surface area (Å²) in [5.74, 6) is 4.72. The fourth-order valence-corrected chi connectivity index (χ4v) is 10.1. The molecule has 0 aromatic heterocycles. The van der Waals surface area contributed by atoms with Gasteiger partial charge >= 0.3 is 0 Å². The van der Waals surface area contributed by atoms with E-state index in [1.54, 1.807) is 5.57 Å². The third-order valence-corrected chi connectivity index (χ3v) is 12.0. The molecule has 0 aromatic rings. The monoisotopic (exact) mass is 464 g/mol. The normalized spacial score (nSPS) is 53.0. The van der Waals surface area contributed by atoms with Crippen molar-refractivity contribution in [2.75, 3.05) is 13.6 Å². The Hall–Kier alpha value is -0.930. The summed E-state index contributed by atoms with van der Waals surface area (Å²) in [5, 5.41) is 3.88. The van der Waals surface area contributed by atoms with Gasteiger partial charge in [-0.15, -0.1) is 0 Å². The molecule has 0 amide bonds. The first-order valence-corrected chi connectivity index (χ1v) is 14.5. The Labute approximate surface area is 208 Å². The van der Waals surface area contributed by atoms with Crippen molar-refractivity contribution in [3.63, 3.8) is 0 Å². The smallest absolute Gasteiger partial charge is 0.0765 e. The molecule has 3 nitrogen and oxygen atoms in total. The van der Waals surface area contributed by atoms with Crippen molar-refractivity contribution in [2.24, 2.45) is 45.9 Å². The van der Waals surface area contributed by atoms with E-state index >= 15 is 0 Å². The van der Waals surface area contributed by atoms with Crippen LogP contribution in [0.3, 0.4) is 0 Å².